The van der Waals surface area contributed by atoms with Crippen LogP contribution in [0.3, 0.4) is 0 Å². The molecule has 1 heterocycles. The molecule has 0 fully saturated rings. The maximum Gasteiger partial charge on any atom is 0.0573 e. The molecule has 0 saturated carbocycles. The normalized spacial score (nSPS) is 14.4. The SMILES string of the molecule is CCNC(CC)c1ccc(SCC(C)CC)cn1. The quantitative estimate of drug-likeness (QED) is 0.711. The van der Waals surface area contributed by atoms with Crippen LogP contribution in [0.15, 0.2) is 23.2 Å². The second-order valence-electron chi connectivity index (χ2n) is 4.76. The fourth-order valence-corrected chi connectivity index (χ4v) is 2.75. The predicted molar refractivity (Wildman–Crippen MR) is 81.1 cm³/mol. The standard InChI is InChI=1S/C15H26N2S/c1-5-12(4)11-18-13-8-9-15(17-10-13)14(6-2)16-7-3/h8-10,12,14,16H,5-7,11H2,1-4H3. The first kappa shape index (κ1) is 15.5. The van der Waals surface area contributed by atoms with E-state index in [2.05, 4.69) is 50.1 Å². The van der Waals surface area contributed by atoms with Crippen LogP contribution in [0.5, 0.6) is 0 Å². The van der Waals surface area contributed by atoms with Crippen LogP contribution in [-0.4, -0.2) is 17.3 Å². The predicted octanol–water partition coefficient (Wildman–Crippen LogP) is 4.28. The summed E-state index contributed by atoms with van der Waals surface area (Å²) >= 11 is 1.91. The van der Waals surface area contributed by atoms with Gasteiger partial charge in [0.15, 0.2) is 0 Å². The second kappa shape index (κ2) is 8.54. The van der Waals surface area contributed by atoms with Crippen molar-refractivity contribution in [2.24, 2.45) is 5.92 Å². The summed E-state index contributed by atoms with van der Waals surface area (Å²) in [6.07, 6.45) is 4.35. The van der Waals surface area contributed by atoms with E-state index in [-0.39, 0.29) is 0 Å². The molecule has 2 atom stereocenters. The van der Waals surface area contributed by atoms with Gasteiger partial charge >= 0.3 is 0 Å². The van der Waals surface area contributed by atoms with Gasteiger partial charge < -0.3 is 5.32 Å². The van der Waals surface area contributed by atoms with Crippen molar-refractivity contribution in [1.82, 2.24) is 10.3 Å². The lowest BCUT2D eigenvalue weighted by molar-refractivity contribution is 0.524. The number of nitrogens with zero attached hydrogens (tertiary/aromatic N) is 1. The highest BCUT2D eigenvalue weighted by Crippen LogP contribution is 2.23. The molecule has 1 rings (SSSR count). The van der Waals surface area contributed by atoms with E-state index in [1.165, 1.54) is 17.1 Å². The first-order valence-corrected chi connectivity index (χ1v) is 8.01. The highest BCUT2D eigenvalue weighted by molar-refractivity contribution is 7.99. The Morgan fingerprint density at radius 1 is 1.22 bits per heavy atom. The Morgan fingerprint density at radius 3 is 2.50 bits per heavy atom. The summed E-state index contributed by atoms with van der Waals surface area (Å²) in [5.74, 6) is 1.96. The molecule has 0 saturated heterocycles. The molecule has 0 aliphatic carbocycles. The Kier molecular flexibility index (Phi) is 7.36. The Labute approximate surface area is 116 Å². The summed E-state index contributed by atoms with van der Waals surface area (Å²) < 4.78 is 0. The molecule has 3 heteroatoms. The zero-order valence-corrected chi connectivity index (χ0v) is 12.9. The summed E-state index contributed by atoms with van der Waals surface area (Å²) in [5, 5.41) is 3.46. The van der Waals surface area contributed by atoms with E-state index in [1.54, 1.807) is 0 Å². The van der Waals surface area contributed by atoms with Crippen LogP contribution >= 0.6 is 11.8 Å². The van der Waals surface area contributed by atoms with Gasteiger partial charge in [0.25, 0.3) is 0 Å². The number of hydrogen-bond acceptors (Lipinski definition) is 3. The Balaban J connectivity index is 2.56. The van der Waals surface area contributed by atoms with Crippen LogP contribution < -0.4 is 5.32 Å². The molecule has 1 aromatic heterocycles. The molecule has 102 valence electrons. The molecule has 0 spiro atoms. The van der Waals surface area contributed by atoms with Crippen LogP contribution in [0, 0.1) is 5.92 Å². The van der Waals surface area contributed by atoms with Crippen molar-refractivity contribution in [2.45, 2.75) is 51.5 Å². The van der Waals surface area contributed by atoms with Crippen molar-refractivity contribution in [3.05, 3.63) is 24.0 Å². The lowest BCUT2D eigenvalue weighted by Gasteiger charge is -2.15. The number of hydrogen-bond donors (Lipinski definition) is 1. The molecule has 0 aliphatic rings. The Bertz CT molecular complexity index is 324. The monoisotopic (exact) mass is 266 g/mol. The van der Waals surface area contributed by atoms with E-state index in [0.29, 0.717) is 6.04 Å². The number of nitrogens with one attached hydrogen (secondary N) is 1. The van der Waals surface area contributed by atoms with Crippen molar-refractivity contribution in [1.29, 1.82) is 0 Å². The highest BCUT2D eigenvalue weighted by atomic mass is 32.2. The molecule has 0 aromatic carbocycles. The topological polar surface area (TPSA) is 24.9 Å². The van der Waals surface area contributed by atoms with Gasteiger partial charge in [0.1, 0.15) is 0 Å². The van der Waals surface area contributed by atoms with Gasteiger partial charge in [0.05, 0.1) is 5.69 Å². The summed E-state index contributed by atoms with van der Waals surface area (Å²) in [4.78, 5) is 5.87. The number of thioether (sulfide) groups is 1. The minimum Gasteiger partial charge on any atom is -0.309 e. The highest BCUT2D eigenvalue weighted by Gasteiger charge is 2.09. The van der Waals surface area contributed by atoms with E-state index in [4.69, 9.17) is 0 Å². The summed E-state index contributed by atoms with van der Waals surface area (Å²) in [6.45, 7) is 9.87. The van der Waals surface area contributed by atoms with Crippen molar-refractivity contribution < 1.29 is 0 Å². The number of rotatable bonds is 8. The molecule has 0 radical (unpaired) electrons. The van der Waals surface area contributed by atoms with Gasteiger partial charge in [-0.25, -0.2) is 0 Å². The molecule has 1 N–H and O–H groups in total. The Hall–Kier alpha value is -0.540. The molecule has 0 amide bonds. The average Bonchev–Trinajstić information content (AvgIpc) is 2.42. The fourth-order valence-electron chi connectivity index (χ4n) is 1.74. The lowest BCUT2D eigenvalue weighted by Crippen LogP contribution is -2.20. The molecule has 1 aromatic rings. The Morgan fingerprint density at radius 2 is 2.00 bits per heavy atom. The molecule has 0 aliphatic heterocycles. The van der Waals surface area contributed by atoms with E-state index in [1.807, 2.05) is 18.0 Å². The third kappa shape index (κ3) is 4.99. The van der Waals surface area contributed by atoms with E-state index in [0.717, 1.165) is 24.6 Å². The molecule has 0 bridgehead atoms. The van der Waals surface area contributed by atoms with Crippen LogP contribution in [0.25, 0.3) is 0 Å². The van der Waals surface area contributed by atoms with Crippen LogP contribution in [0.4, 0.5) is 0 Å². The van der Waals surface area contributed by atoms with Crippen LogP contribution in [-0.2, 0) is 0 Å². The van der Waals surface area contributed by atoms with E-state index >= 15 is 0 Å². The first-order chi connectivity index (χ1) is 8.71. The van der Waals surface area contributed by atoms with Crippen LogP contribution in [0.1, 0.15) is 52.3 Å². The average molecular weight is 266 g/mol. The van der Waals surface area contributed by atoms with E-state index < -0.39 is 0 Å². The van der Waals surface area contributed by atoms with Crippen molar-refractivity contribution in [3.63, 3.8) is 0 Å². The van der Waals surface area contributed by atoms with Gasteiger partial charge in [-0.2, -0.15) is 0 Å². The first-order valence-electron chi connectivity index (χ1n) is 7.03. The number of aromatic nitrogens is 1. The molecule has 18 heavy (non-hydrogen) atoms. The second-order valence-corrected chi connectivity index (χ2v) is 5.86. The van der Waals surface area contributed by atoms with Gasteiger partial charge in [0, 0.05) is 22.9 Å². The summed E-state index contributed by atoms with van der Waals surface area (Å²) in [7, 11) is 0. The third-order valence-corrected chi connectivity index (χ3v) is 4.52. The molecular formula is C15H26N2S. The summed E-state index contributed by atoms with van der Waals surface area (Å²) in [6, 6.07) is 4.76. The van der Waals surface area contributed by atoms with Gasteiger partial charge in [0.2, 0.25) is 0 Å². The van der Waals surface area contributed by atoms with Gasteiger partial charge in [-0.05, 0) is 31.0 Å². The zero-order chi connectivity index (χ0) is 13.4. The van der Waals surface area contributed by atoms with Gasteiger partial charge in [-0.1, -0.05) is 34.1 Å². The van der Waals surface area contributed by atoms with Crippen LogP contribution in [0.2, 0.25) is 0 Å². The van der Waals surface area contributed by atoms with Gasteiger partial charge in [-0.3, -0.25) is 4.98 Å². The molecule has 2 nitrogen and oxygen atoms in total. The maximum absolute atomic E-state index is 4.59. The van der Waals surface area contributed by atoms with Gasteiger partial charge in [-0.15, -0.1) is 11.8 Å². The van der Waals surface area contributed by atoms with Crippen molar-refractivity contribution in [3.8, 4) is 0 Å². The smallest absolute Gasteiger partial charge is 0.0573 e. The van der Waals surface area contributed by atoms with Crippen molar-refractivity contribution >= 4 is 11.8 Å². The summed E-state index contributed by atoms with van der Waals surface area (Å²) in [5.41, 5.74) is 1.16. The molecular weight excluding hydrogens is 240 g/mol. The van der Waals surface area contributed by atoms with Crippen molar-refractivity contribution in [2.75, 3.05) is 12.3 Å². The number of pyridine rings is 1. The van der Waals surface area contributed by atoms with E-state index in [9.17, 15) is 0 Å². The lowest BCUT2D eigenvalue weighted by atomic mass is 10.1. The largest absolute Gasteiger partial charge is 0.309 e. The third-order valence-electron chi connectivity index (χ3n) is 3.21. The maximum atomic E-state index is 4.59. The minimum absolute atomic E-state index is 0.392. The minimum atomic E-state index is 0.392. The fraction of sp³-hybridized carbons (Fsp3) is 0.667. The zero-order valence-electron chi connectivity index (χ0n) is 12.1. The molecule has 2 unspecified atom stereocenters.